The van der Waals surface area contributed by atoms with Gasteiger partial charge in [0.1, 0.15) is 0 Å². The van der Waals surface area contributed by atoms with E-state index in [4.69, 9.17) is 30.5 Å². The number of nitrogens with zero attached hydrogens (tertiary/aromatic N) is 1. The molecule has 0 saturated heterocycles. The van der Waals surface area contributed by atoms with Gasteiger partial charge in [0.2, 0.25) is 0 Å². The van der Waals surface area contributed by atoms with E-state index in [9.17, 15) is 4.79 Å². The molecular weight excluding hydrogens is 406 g/mol. The van der Waals surface area contributed by atoms with Crippen LogP contribution in [0.2, 0.25) is 5.02 Å². The van der Waals surface area contributed by atoms with Crippen LogP contribution in [-0.2, 0) is 16.1 Å². The lowest BCUT2D eigenvalue weighted by atomic mass is 9.54. The van der Waals surface area contributed by atoms with Crippen LogP contribution < -0.4 is 9.47 Å². The van der Waals surface area contributed by atoms with Crippen LogP contribution in [0.1, 0.15) is 66.9 Å². The molecule has 30 heavy (non-hydrogen) atoms. The van der Waals surface area contributed by atoms with Gasteiger partial charge in [-0.2, -0.15) is 0 Å². The van der Waals surface area contributed by atoms with Gasteiger partial charge in [0.25, 0.3) is 5.79 Å². The van der Waals surface area contributed by atoms with Crippen molar-refractivity contribution in [2.45, 2.75) is 70.3 Å². The lowest BCUT2D eigenvalue weighted by Gasteiger charge is -2.59. The molecule has 0 N–H and O–H groups in total. The fraction of sp³-hybridized carbons (Fsp3) is 0.696. The molecule has 2 bridgehead atoms. The van der Waals surface area contributed by atoms with Crippen molar-refractivity contribution in [2.75, 3.05) is 28.3 Å². The van der Waals surface area contributed by atoms with Crippen molar-refractivity contribution in [3.05, 3.63) is 21.7 Å². The molecule has 1 aromatic carbocycles. The molecule has 1 aliphatic heterocycles. The summed E-state index contributed by atoms with van der Waals surface area (Å²) in [5.74, 6) is -0.208. The van der Waals surface area contributed by atoms with Crippen molar-refractivity contribution in [2.24, 2.45) is 5.41 Å². The molecule has 1 heterocycles. The second kappa shape index (κ2) is 7.28. The molecule has 166 valence electrons. The number of esters is 1. The Kier molecular flexibility index (Phi) is 5.27. The minimum Gasteiger partial charge on any atom is -0.465 e. The molecule has 4 aliphatic rings. The summed E-state index contributed by atoms with van der Waals surface area (Å²) in [6, 6.07) is 0. The first kappa shape index (κ1) is 21.7. The van der Waals surface area contributed by atoms with Crippen molar-refractivity contribution >= 4 is 17.6 Å². The smallest absolute Gasteiger partial charge is 0.338 e. The van der Waals surface area contributed by atoms with Crippen molar-refractivity contribution in [1.82, 2.24) is 4.90 Å². The Bertz CT molecular complexity index is 859. The zero-order valence-corrected chi connectivity index (χ0v) is 19.6. The number of hydrogen-bond acceptors (Lipinski definition) is 6. The predicted molar refractivity (Wildman–Crippen MR) is 114 cm³/mol. The highest BCUT2D eigenvalue weighted by molar-refractivity contribution is 6.33. The number of carbonyl (C=O) groups is 1. The Labute approximate surface area is 183 Å². The average molecular weight is 438 g/mol. The van der Waals surface area contributed by atoms with Crippen molar-refractivity contribution in [3.8, 4) is 11.5 Å². The van der Waals surface area contributed by atoms with E-state index < -0.39 is 11.8 Å². The molecule has 6 nitrogen and oxygen atoms in total. The molecule has 0 aromatic heterocycles. The molecule has 7 heteroatoms. The summed E-state index contributed by atoms with van der Waals surface area (Å²) in [5, 5.41) is 0.368. The highest BCUT2D eigenvalue weighted by Gasteiger charge is 2.62. The molecule has 3 fully saturated rings. The summed E-state index contributed by atoms with van der Waals surface area (Å²) in [7, 11) is 7.31. The molecule has 3 aliphatic carbocycles. The Balaban J connectivity index is 1.74. The molecule has 0 amide bonds. The molecule has 3 saturated carbocycles. The van der Waals surface area contributed by atoms with Gasteiger partial charge in [-0.3, -0.25) is 0 Å². The van der Waals surface area contributed by atoms with E-state index in [0.717, 1.165) is 38.5 Å². The Morgan fingerprint density at radius 3 is 2.13 bits per heavy atom. The molecule has 5 rings (SSSR count). The number of benzene rings is 1. The second-order valence-electron chi connectivity index (χ2n) is 9.42. The van der Waals surface area contributed by atoms with Crippen LogP contribution in [0.15, 0.2) is 0 Å². The largest absolute Gasteiger partial charge is 0.465 e. The van der Waals surface area contributed by atoms with Crippen LogP contribution in [0.3, 0.4) is 0 Å². The van der Waals surface area contributed by atoms with E-state index in [0.29, 0.717) is 38.8 Å². The highest BCUT2D eigenvalue weighted by atomic mass is 35.5. The van der Waals surface area contributed by atoms with E-state index in [-0.39, 0.29) is 12.0 Å². The fourth-order valence-electron chi connectivity index (χ4n) is 5.87. The molecule has 1 aromatic rings. The molecular formula is C23H32ClNO5. The van der Waals surface area contributed by atoms with Crippen LogP contribution >= 0.6 is 11.6 Å². The maximum absolute atomic E-state index is 12.5. The monoisotopic (exact) mass is 437 g/mol. The van der Waals surface area contributed by atoms with E-state index in [1.807, 2.05) is 13.8 Å². The third-order valence-electron chi connectivity index (χ3n) is 8.08. The van der Waals surface area contributed by atoms with Gasteiger partial charge in [0.15, 0.2) is 11.5 Å². The Morgan fingerprint density at radius 2 is 1.63 bits per heavy atom. The number of ether oxygens (including phenoxy) is 4. The van der Waals surface area contributed by atoms with Crippen LogP contribution in [0.4, 0.5) is 0 Å². The number of hydrogen-bond donors (Lipinski definition) is 0. The van der Waals surface area contributed by atoms with Gasteiger partial charge in [-0.25, -0.2) is 4.79 Å². The van der Waals surface area contributed by atoms with Crippen LogP contribution in [-0.4, -0.2) is 50.5 Å². The second-order valence-corrected chi connectivity index (χ2v) is 9.80. The minimum atomic E-state index is -0.818. The number of halogens is 1. The molecule has 1 atom stereocenters. The van der Waals surface area contributed by atoms with Crippen LogP contribution in [0, 0.1) is 12.3 Å². The highest BCUT2D eigenvalue weighted by Crippen LogP contribution is 2.63. The predicted octanol–water partition coefficient (Wildman–Crippen LogP) is 4.72. The van der Waals surface area contributed by atoms with Gasteiger partial charge in [-0.15, -0.1) is 0 Å². The average Bonchev–Trinajstić information content (AvgIpc) is 3.13. The molecule has 0 spiro atoms. The first-order valence-corrected chi connectivity index (χ1v) is 11.0. The number of methoxy groups -OCH3 is 2. The maximum Gasteiger partial charge on any atom is 0.338 e. The quantitative estimate of drug-likeness (QED) is 0.621. The van der Waals surface area contributed by atoms with Crippen molar-refractivity contribution < 1.29 is 23.7 Å². The van der Waals surface area contributed by atoms with E-state index >= 15 is 0 Å². The van der Waals surface area contributed by atoms with Gasteiger partial charge in [0, 0.05) is 36.1 Å². The number of rotatable bonds is 5. The lowest BCUT2D eigenvalue weighted by molar-refractivity contribution is -0.211. The lowest BCUT2D eigenvalue weighted by Crippen LogP contribution is -2.62. The van der Waals surface area contributed by atoms with Gasteiger partial charge in [0.05, 0.1) is 24.3 Å². The van der Waals surface area contributed by atoms with E-state index in [1.165, 1.54) is 7.11 Å². The van der Waals surface area contributed by atoms with Crippen LogP contribution in [0.5, 0.6) is 11.5 Å². The molecule has 0 radical (unpaired) electrons. The SMILES string of the molecule is COCc1c(Cl)c2c(c(C)c1C(=O)OC)OC(C)(C13CCC(N(C)C)(CC1)CC3)O2. The fourth-order valence-corrected chi connectivity index (χ4v) is 6.15. The number of fused-ring (bicyclic) bond motifs is 4. The summed E-state index contributed by atoms with van der Waals surface area (Å²) in [4.78, 5) is 14.9. The first-order valence-electron chi connectivity index (χ1n) is 10.6. The summed E-state index contributed by atoms with van der Waals surface area (Å²) >= 11 is 6.74. The zero-order chi connectivity index (χ0) is 21.9. The number of carbonyl (C=O) groups excluding carboxylic acids is 1. The first-order chi connectivity index (χ1) is 14.1. The third kappa shape index (κ3) is 2.87. The maximum atomic E-state index is 12.5. The van der Waals surface area contributed by atoms with Gasteiger partial charge < -0.3 is 23.8 Å². The summed E-state index contributed by atoms with van der Waals surface area (Å²) in [5.41, 5.74) is 1.87. The summed E-state index contributed by atoms with van der Waals surface area (Å²) in [6.45, 7) is 4.07. The Morgan fingerprint density at radius 1 is 1.07 bits per heavy atom. The summed E-state index contributed by atoms with van der Waals surface area (Å²) in [6.07, 6.45) is 6.53. The minimum absolute atomic E-state index is 0.0770. The van der Waals surface area contributed by atoms with Crippen LogP contribution in [0.25, 0.3) is 0 Å². The Hall–Kier alpha value is -1.50. The van der Waals surface area contributed by atoms with Crippen molar-refractivity contribution in [3.63, 3.8) is 0 Å². The topological polar surface area (TPSA) is 57.2 Å². The standard InChI is InChI=1S/C23H32ClNO5/c1-14-16(20(26)28-6)15(13-27-5)17(24)19-18(14)29-21(2,30-19)22-7-10-23(11-8-22,12-9-22)25(3)4/h7-13H2,1-6H3. The van der Waals surface area contributed by atoms with Gasteiger partial charge >= 0.3 is 5.97 Å². The normalized spacial score (nSPS) is 32.0. The third-order valence-corrected chi connectivity index (χ3v) is 8.48. The van der Waals surface area contributed by atoms with E-state index in [1.54, 1.807) is 7.11 Å². The van der Waals surface area contributed by atoms with E-state index in [2.05, 4.69) is 19.0 Å². The van der Waals surface area contributed by atoms with Crippen molar-refractivity contribution in [1.29, 1.82) is 0 Å². The summed E-state index contributed by atoms with van der Waals surface area (Å²) < 4.78 is 23.4. The molecule has 1 unspecified atom stereocenters. The van der Waals surface area contributed by atoms with Gasteiger partial charge in [-0.05, 0) is 59.5 Å². The zero-order valence-electron chi connectivity index (χ0n) is 18.8. The van der Waals surface area contributed by atoms with Gasteiger partial charge in [-0.1, -0.05) is 11.6 Å².